The number of benzene rings is 3. The van der Waals surface area contributed by atoms with Gasteiger partial charge in [-0.1, -0.05) is 6.07 Å². The summed E-state index contributed by atoms with van der Waals surface area (Å²) in [7, 11) is -8.66. The molecule has 0 saturated heterocycles. The number of anilines is 1. The van der Waals surface area contributed by atoms with Crippen molar-refractivity contribution in [3.63, 3.8) is 0 Å². The Labute approximate surface area is 191 Å². The summed E-state index contributed by atoms with van der Waals surface area (Å²) >= 11 is 0. The summed E-state index contributed by atoms with van der Waals surface area (Å²) in [5, 5.41) is 9.45. The third-order valence-corrected chi connectivity index (χ3v) is 6.47. The first-order valence-electron chi connectivity index (χ1n) is 9.75. The highest BCUT2D eigenvalue weighted by Crippen LogP contribution is 2.34. The summed E-state index contributed by atoms with van der Waals surface area (Å²) in [6.45, 7) is 3.61. The summed E-state index contributed by atoms with van der Waals surface area (Å²) < 4.78 is 69.0. The average molecular weight is 494 g/mol. The fraction of sp³-hybridized carbons (Fsp3) is 0.238. The van der Waals surface area contributed by atoms with Gasteiger partial charge in [-0.3, -0.25) is 9.11 Å². The Kier molecular flexibility index (Phi) is 7.03. The molecule has 0 aliphatic carbocycles. The first-order chi connectivity index (χ1) is 15.3. The highest BCUT2D eigenvalue weighted by molar-refractivity contribution is 7.86. The second kappa shape index (κ2) is 9.43. The van der Waals surface area contributed by atoms with Crippen LogP contribution in [0.5, 0.6) is 5.75 Å². The highest BCUT2D eigenvalue weighted by Gasteiger charge is 2.15. The Morgan fingerprint density at radius 1 is 0.939 bits per heavy atom. The Hall–Kier alpha value is -3.06. The smallest absolute Gasteiger partial charge is 0.294 e. The van der Waals surface area contributed by atoms with Crippen molar-refractivity contribution in [1.29, 1.82) is 0 Å². The zero-order valence-electron chi connectivity index (χ0n) is 17.9. The van der Waals surface area contributed by atoms with Crippen molar-refractivity contribution in [3.8, 4) is 5.75 Å². The molecule has 33 heavy (non-hydrogen) atoms. The number of aryl methyl sites for hydroxylation is 2. The Balaban J connectivity index is 1.98. The SMILES string of the molecule is Cc1cc(N=Nc2ccc3cc(S(=O)(=O)O)cc(OCCCS(=O)(=O)O)c3c2)c(C)cc1N. The van der Waals surface area contributed by atoms with Gasteiger partial charge in [-0.25, -0.2) is 0 Å². The van der Waals surface area contributed by atoms with Gasteiger partial charge in [0.05, 0.1) is 28.6 Å². The first kappa shape index (κ1) is 24.6. The first-order valence-corrected chi connectivity index (χ1v) is 12.8. The minimum absolute atomic E-state index is 0.0222. The van der Waals surface area contributed by atoms with Crippen molar-refractivity contribution in [1.82, 2.24) is 0 Å². The van der Waals surface area contributed by atoms with Gasteiger partial charge in [0.25, 0.3) is 20.2 Å². The maximum absolute atomic E-state index is 11.6. The zero-order chi connectivity index (χ0) is 24.4. The molecule has 4 N–H and O–H groups in total. The van der Waals surface area contributed by atoms with Crippen LogP contribution in [0.25, 0.3) is 10.8 Å². The van der Waals surface area contributed by atoms with Crippen LogP contribution in [0.1, 0.15) is 17.5 Å². The van der Waals surface area contributed by atoms with Crippen LogP contribution < -0.4 is 10.5 Å². The molecule has 3 aromatic rings. The van der Waals surface area contributed by atoms with Crippen molar-refractivity contribution < 1.29 is 30.7 Å². The molecule has 0 heterocycles. The molecule has 0 aromatic heterocycles. The lowest BCUT2D eigenvalue weighted by Crippen LogP contribution is -2.09. The molecule has 0 spiro atoms. The lowest BCUT2D eigenvalue weighted by molar-refractivity contribution is 0.319. The van der Waals surface area contributed by atoms with Crippen molar-refractivity contribution in [2.75, 3.05) is 18.1 Å². The molecule has 0 amide bonds. The fourth-order valence-electron chi connectivity index (χ4n) is 3.08. The van der Waals surface area contributed by atoms with E-state index in [-0.39, 0.29) is 23.7 Å². The second-order valence-electron chi connectivity index (χ2n) is 7.49. The van der Waals surface area contributed by atoms with E-state index in [1.165, 1.54) is 6.07 Å². The Morgan fingerprint density at radius 3 is 2.33 bits per heavy atom. The molecule has 0 aliphatic heterocycles. The number of nitrogen functional groups attached to an aromatic ring is 1. The molecule has 0 aliphatic rings. The topological polar surface area (TPSA) is 169 Å². The molecule has 12 heteroatoms. The van der Waals surface area contributed by atoms with Gasteiger partial charge < -0.3 is 10.5 Å². The van der Waals surface area contributed by atoms with E-state index >= 15 is 0 Å². The van der Waals surface area contributed by atoms with Gasteiger partial charge in [-0.05, 0) is 67.1 Å². The predicted octanol–water partition coefficient (Wildman–Crippen LogP) is 4.36. The summed E-state index contributed by atoms with van der Waals surface area (Å²) in [5.41, 5.74) is 9.37. The Morgan fingerprint density at radius 2 is 1.67 bits per heavy atom. The summed E-state index contributed by atoms with van der Waals surface area (Å²) in [6.07, 6.45) is -0.0222. The third kappa shape index (κ3) is 6.48. The number of nitrogens with zero attached hydrogens (tertiary/aromatic N) is 2. The fourth-order valence-corrected chi connectivity index (χ4v) is 4.10. The van der Waals surface area contributed by atoms with Crippen LogP contribution >= 0.6 is 0 Å². The summed E-state index contributed by atoms with van der Waals surface area (Å²) in [4.78, 5) is -0.373. The number of fused-ring (bicyclic) bond motifs is 1. The van der Waals surface area contributed by atoms with Gasteiger partial charge in [-0.15, -0.1) is 0 Å². The number of nitrogens with two attached hydrogens (primary N) is 1. The number of ether oxygens (including phenoxy) is 1. The molecular weight excluding hydrogens is 470 g/mol. The van der Waals surface area contributed by atoms with E-state index < -0.39 is 26.0 Å². The lowest BCUT2D eigenvalue weighted by atomic mass is 10.1. The quantitative estimate of drug-likeness (QED) is 0.180. The maximum atomic E-state index is 11.6. The average Bonchev–Trinajstić information content (AvgIpc) is 2.71. The predicted molar refractivity (Wildman–Crippen MR) is 125 cm³/mol. The lowest BCUT2D eigenvalue weighted by Gasteiger charge is -2.11. The highest BCUT2D eigenvalue weighted by atomic mass is 32.2. The van der Waals surface area contributed by atoms with Crippen LogP contribution in [0, 0.1) is 13.8 Å². The van der Waals surface area contributed by atoms with Crippen molar-refractivity contribution in [2.24, 2.45) is 10.2 Å². The van der Waals surface area contributed by atoms with Gasteiger partial charge in [0.2, 0.25) is 0 Å². The van der Waals surface area contributed by atoms with Crippen molar-refractivity contribution in [2.45, 2.75) is 25.2 Å². The van der Waals surface area contributed by atoms with Gasteiger partial charge in [-0.2, -0.15) is 27.1 Å². The standard InChI is InChI=1S/C21H23N3O7S2/c1-13-9-20(14(2)8-19(13)22)24-23-16-5-4-15-10-17(33(28,29)30)12-21(18(15)11-16)31-6-3-7-32(25,26)27/h4-5,8-12H,3,6-7,22H2,1-2H3,(H,25,26,27)(H,28,29,30). The monoisotopic (exact) mass is 493 g/mol. The largest absolute Gasteiger partial charge is 0.493 e. The molecule has 0 fully saturated rings. The second-order valence-corrected chi connectivity index (χ2v) is 10.5. The van der Waals surface area contributed by atoms with E-state index in [0.29, 0.717) is 27.8 Å². The van der Waals surface area contributed by atoms with Gasteiger partial charge >= 0.3 is 0 Å². The summed E-state index contributed by atoms with van der Waals surface area (Å²) in [6, 6.07) is 10.9. The van der Waals surface area contributed by atoms with Gasteiger partial charge in [0.15, 0.2) is 0 Å². The molecule has 3 rings (SSSR count). The molecule has 0 radical (unpaired) electrons. The van der Waals surface area contributed by atoms with Crippen LogP contribution in [0.2, 0.25) is 0 Å². The van der Waals surface area contributed by atoms with Gasteiger partial charge in [0, 0.05) is 17.1 Å². The van der Waals surface area contributed by atoms with E-state index in [0.717, 1.165) is 17.2 Å². The summed E-state index contributed by atoms with van der Waals surface area (Å²) in [5.74, 6) is -0.407. The molecule has 0 atom stereocenters. The van der Waals surface area contributed by atoms with E-state index in [1.54, 1.807) is 24.3 Å². The number of azo groups is 1. The molecule has 0 unspecified atom stereocenters. The molecule has 3 aromatic carbocycles. The van der Waals surface area contributed by atoms with Crippen molar-refractivity contribution >= 4 is 48.1 Å². The van der Waals surface area contributed by atoms with Crippen LogP contribution in [-0.2, 0) is 20.2 Å². The maximum Gasteiger partial charge on any atom is 0.294 e. The molecule has 0 bridgehead atoms. The van der Waals surface area contributed by atoms with Crippen LogP contribution in [-0.4, -0.2) is 38.3 Å². The van der Waals surface area contributed by atoms with E-state index in [1.807, 2.05) is 19.9 Å². The van der Waals surface area contributed by atoms with Gasteiger partial charge in [0.1, 0.15) is 5.75 Å². The van der Waals surface area contributed by atoms with Crippen LogP contribution in [0.4, 0.5) is 17.1 Å². The molecule has 0 saturated carbocycles. The molecular formula is C21H23N3O7S2. The zero-order valence-corrected chi connectivity index (χ0v) is 19.5. The molecule has 176 valence electrons. The normalized spacial score (nSPS) is 12.5. The van der Waals surface area contributed by atoms with Crippen molar-refractivity contribution in [3.05, 3.63) is 53.6 Å². The minimum atomic E-state index is -4.51. The number of rotatable bonds is 8. The third-order valence-electron chi connectivity index (χ3n) is 4.83. The van der Waals surface area contributed by atoms with E-state index in [4.69, 9.17) is 15.0 Å². The van der Waals surface area contributed by atoms with E-state index in [2.05, 4.69) is 10.2 Å². The number of hydrogen-bond acceptors (Lipinski definition) is 8. The molecule has 10 nitrogen and oxygen atoms in total. The van der Waals surface area contributed by atoms with E-state index in [9.17, 15) is 21.4 Å². The van der Waals surface area contributed by atoms with Crippen LogP contribution in [0.3, 0.4) is 0 Å². The van der Waals surface area contributed by atoms with Crippen LogP contribution in [0.15, 0.2) is 57.6 Å². The Bertz CT molecular complexity index is 1450. The minimum Gasteiger partial charge on any atom is -0.493 e. The number of hydrogen-bond donors (Lipinski definition) is 3.